The van der Waals surface area contributed by atoms with Crippen LogP contribution in [0.2, 0.25) is 0 Å². The number of ether oxygens (including phenoxy) is 1. The number of anilines is 1. The zero-order valence-electron chi connectivity index (χ0n) is 9.78. The Bertz CT molecular complexity index is 579. The largest absolute Gasteiger partial charge is 0.492 e. The lowest BCUT2D eigenvalue weighted by molar-refractivity contribution is 0.131. The van der Waals surface area contributed by atoms with Crippen LogP contribution in [0.15, 0.2) is 36.4 Å². The first-order valence-electron chi connectivity index (χ1n) is 5.38. The lowest BCUT2D eigenvalue weighted by atomic mass is 10.2. The molecule has 2 aromatic rings. The second-order valence-corrected chi connectivity index (χ2v) is 3.74. The lowest BCUT2D eigenvalue weighted by Crippen LogP contribution is -2.13. The van der Waals surface area contributed by atoms with Crippen LogP contribution in [0.1, 0.15) is 5.56 Å². The van der Waals surface area contributed by atoms with Crippen LogP contribution in [0.25, 0.3) is 0 Å². The Hall–Kier alpha value is -2.83. The van der Waals surface area contributed by atoms with Gasteiger partial charge in [-0.1, -0.05) is 30.3 Å². The maximum Gasteiger partial charge on any atom is 0.412 e. The quantitative estimate of drug-likeness (QED) is 0.634. The standard InChI is InChI=1S/C12H12N2O5/c15-10-6-9(11(16)14(10)18)13-12(17)19-7-8-4-2-1-3-5-8/h1-6,15-16,18H,7H2,(H,13,17). The van der Waals surface area contributed by atoms with Crippen molar-refractivity contribution in [2.75, 3.05) is 5.32 Å². The molecule has 0 aliphatic carbocycles. The normalized spacial score (nSPS) is 10.1. The summed E-state index contributed by atoms with van der Waals surface area (Å²) >= 11 is 0. The van der Waals surface area contributed by atoms with Gasteiger partial charge in [0, 0.05) is 6.07 Å². The van der Waals surface area contributed by atoms with Crippen molar-refractivity contribution in [3.63, 3.8) is 0 Å². The molecule has 7 nitrogen and oxygen atoms in total. The zero-order valence-corrected chi connectivity index (χ0v) is 9.78. The third kappa shape index (κ3) is 2.89. The summed E-state index contributed by atoms with van der Waals surface area (Å²) in [7, 11) is 0. The van der Waals surface area contributed by atoms with E-state index < -0.39 is 17.9 Å². The van der Waals surface area contributed by atoms with Gasteiger partial charge in [0.15, 0.2) is 0 Å². The van der Waals surface area contributed by atoms with Gasteiger partial charge in [0.1, 0.15) is 12.3 Å². The molecule has 4 N–H and O–H groups in total. The number of hydrogen-bond donors (Lipinski definition) is 4. The first-order valence-corrected chi connectivity index (χ1v) is 5.38. The molecule has 0 aliphatic rings. The molecule has 1 aromatic carbocycles. The van der Waals surface area contributed by atoms with E-state index in [1.165, 1.54) is 0 Å². The van der Waals surface area contributed by atoms with Gasteiger partial charge < -0.3 is 20.2 Å². The summed E-state index contributed by atoms with van der Waals surface area (Å²) in [5.74, 6) is -1.29. The number of aromatic nitrogens is 1. The highest BCUT2D eigenvalue weighted by atomic mass is 16.5. The number of carbonyl (C=O) groups excluding carboxylic acids is 1. The van der Waals surface area contributed by atoms with E-state index in [2.05, 4.69) is 5.32 Å². The van der Waals surface area contributed by atoms with Crippen LogP contribution in [0.5, 0.6) is 11.8 Å². The summed E-state index contributed by atoms with van der Waals surface area (Å²) in [4.78, 5) is 11.4. The van der Waals surface area contributed by atoms with Gasteiger partial charge in [-0.25, -0.2) is 4.79 Å². The van der Waals surface area contributed by atoms with E-state index >= 15 is 0 Å². The van der Waals surface area contributed by atoms with Gasteiger partial charge in [-0.05, 0) is 5.56 Å². The van der Waals surface area contributed by atoms with E-state index in [1.807, 2.05) is 18.2 Å². The van der Waals surface area contributed by atoms with Gasteiger partial charge in [-0.2, -0.15) is 0 Å². The van der Waals surface area contributed by atoms with Crippen molar-refractivity contribution in [1.29, 1.82) is 0 Å². The number of amides is 1. The number of carbonyl (C=O) groups is 1. The average molecular weight is 264 g/mol. The molecule has 1 amide bonds. The van der Waals surface area contributed by atoms with Crippen LogP contribution >= 0.6 is 0 Å². The summed E-state index contributed by atoms with van der Waals surface area (Å²) < 4.78 is 5.03. The molecule has 0 saturated carbocycles. The Balaban J connectivity index is 1.93. The third-order valence-corrected chi connectivity index (χ3v) is 2.38. The predicted octanol–water partition coefficient (Wildman–Crippen LogP) is 1.89. The molecule has 0 atom stereocenters. The zero-order chi connectivity index (χ0) is 13.8. The van der Waals surface area contributed by atoms with Crippen LogP contribution in [0.4, 0.5) is 10.5 Å². The Morgan fingerprint density at radius 2 is 1.95 bits per heavy atom. The minimum Gasteiger partial charge on any atom is -0.492 e. The molecule has 0 unspecified atom stereocenters. The third-order valence-electron chi connectivity index (χ3n) is 2.38. The molecule has 19 heavy (non-hydrogen) atoms. The van der Waals surface area contributed by atoms with Crippen molar-refractivity contribution in [2.24, 2.45) is 0 Å². The highest BCUT2D eigenvalue weighted by Crippen LogP contribution is 2.30. The number of aromatic hydroxyl groups is 2. The first-order chi connectivity index (χ1) is 9.08. The number of benzene rings is 1. The minimum atomic E-state index is -0.815. The van der Waals surface area contributed by atoms with Crippen molar-refractivity contribution in [3.05, 3.63) is 42.0 Å². The van der Waals surface area contributed by atoms with Gasteiger partial charge in [0.25, 0.3) is 5.88 Å². The van der Waals surface area contributed by atoms with E-state index in [1.54, 1.807) is 12.1 Å². The Kier molecular flexibility index (Phi) is 3.46. The Morgan fingerprint density at radius 3 is 2.53 bits per heavy atom. The van der Waals surface area contributed by atoms with Gasteiger partial charge in [0.05, 0.1) is 0 Å². The van der Waals surface area contributed by atoms with Crippen molar-refractivity contribution in [2.45, 2.75) is 6.61 Å². The van der Waals surface area contributed by atoms with Crippen LogP contribution in [-0.2, 0) is 11.3 Å². The fraction of sp³-hybridized carbons (Fsp3) is 0.0833. The van der Waals surface area contributed by atoms with Gasteiger partial charge >= 0.3 is 6.09 Å². The SMILES string of the molecule is O=C(Nc1cc(O)n(O)c1O)OCc1ccccc1. The highest BCUT2D eigenvalue weighted by Gasteiger charge is 2.15. The average Bonchev–Trinajstić information content (AvgIpc) is 2.65. The summed E-state index contributed by atoms with van der Waals surface area (Å²) in [6.45, 7) is 0.0687. The molecule has 0 bridgehead atoms. The Labute approximate surface area is 108 Å². The van der Waals surface area contributed by atoms with Crippen molar-refractivity contribution < 1.29 is 25.0 Å². The van der Waals surface area contributed by atoms with Gasteiger partial charge in [0.2, 0.25) is 5.88 Å². The molecular formula is C12H12N2O5. The van der Waals surface area contributed by atoms with Crippen molar-refractivity contribution >= 4 is 11.8 Å². The molecule has 1 aromatic heterocycles. The van der Waals surface area contributed by atoms with Crippen LogP contribution < -0.4 is 5.32 Å². The first kappa shape index (κ1) is 12.6. The smallest absolute Gasteiger partial charge is 0.412 e. The summed E-state index contributed by atoms with van der Waals surface area (Å²) in [6, 6.07) is 10.0. The molecule has 2 rings (SSSR count). The molecule has 0 radical (unpaired) electrons. The molecule has 1 heterocycles. The number of hydrogen-bond acceptors (Lipinski definition) is 5. The molecular weight excluding hydrogens is 252 g/mol. The van der Waals surface area contributed by atoms with Gasteiger partial charge in [-0.15, -0.1) is 4.73 Å². The fourth-order valence-corrected chi connectivity index (χ4v) is 1.44. The summed E-state index contributed by atoms with van der Waals surface area (Å²) in [5, 5.41) is 29.7. The predicted molar refractivity (Wildman–Crippen MR) is 65.2 cm³/mol. The van der Waals surface area contributed by atoms with Crippen LogP contribution in [-0.4, -0.2) is 26.2 Å². The Morgan fingerprint density at radius 1 is 1.26 bits per heavy atom. The topological polar surface area (TPSA) is 104 Å². The molecule has 7 heteroatoms. The number of nitrogens with zero attached hydrogens (tertiary/aromatic N) is 1. The molecule has 0 spiro atoms. The number of nitrogens with one attached hydrogen (secondary N) is 1. The summed E-state index contributed by atoms with van der Waals surface area (Å²) in [5.41, 5.74) is 0.655. The van der Waals surface area contributed by atoms with E-state index in [4.69, 9.17) is 15.1 Å². The van der Waals surface area contributed by atoms with Crippen molar-refractivity contribution in [3.8, 4) is 11.8 Å². The fourth-order valence-electron chi connectivity index (χ4n) is 1.44. The second-order valence-electron chi connectivity index (χ2n) is 3.74. The molecule has 0 fully saturated rings. The van der Waals surface area contributed by atoms with E-state index in [0.29, 0.717) is 0 Å². The minimum absolute atomic E-state index is 0.0687. The van der Waals surface area contributed by atoms with E-state index in [0.717, 1.165) is 11.6 Å². The van der Waals surface area contributed by atoms with Crippen LogP contribution in [0, 0.1) is 0 Å². The maximum atomic E-state index is 11.4. The monoisotopic (exact) mass is 264 g/mol. The lowest BCUT2D eigenvalue weighted by Gasteiger charge is -2.05. The van der Waals surface area contributed by atoms with Gasteiger partial charge in [-0.3, -0.25) is 5.32 Å². The van der Waals surface area contributed by atoms with E-state index in [-0.39, 0.29) is 17.0 Å². The maximum absolute atomic E-state index is 11.4. The molecule has 0 aliphatic heterocycles. The highest BCUT2D eigenvalue weighted by molar-refractivity contribution is 5.86. The van der Waals surface area contributed by atoms with Crippen molar-refractivity contribution in [1.82, 2.24) is 4.73 Å². The molecule has 0 saturated heterocycles. The molecule has 100 valence electrons. The second kappa shape index (κ2) is 5.21. The van der Waals surface area contributed by atoms with E-state index in [9.17, 15) is 9.90 Å². The van der Waals surface area contributed by atoms with Crippen LogP contribution in [0.3, 0.4) is 0 Å². The summed E-state index contributed by atoms with van der Waals surface area (Å²) in [6.07, 6.45) is -0.815. The number of rotatable bonds is 3.